The van der Waals surface area contributed by atoms with Crippen LogP contribution in [0, 0.1) is 5.82 Å². The van der Waals surface area contributed by atoms with Crippen LogP contribution in [-0.2, 0) is 15.0 Å². The first-order valence-corrected chi connectivity index (χ1v) is 9.00. The minimum Gasteiger partial charge on any atom is -0.481 e. The molecular weight excluding hydrogens is 345 g/mol. The summed E-state index contributed by atoms with van der Waals surface area (Å²) in [4.78, 5) is 26.1. The number of carbonyl (C=O) groups excluding carboxylic acids is 1. The number of hydrogen-bond acceptors (Lipinski definition) is 2. The first kappa shape index (κ1) is 18.8. The summed E-state index contributed by atoms with van der Waals surface area (Å²) < 4.78 is 13.2. The maximum absolute atomic E-state index is 13.2. The third-order valence-corrected chi connectivity index (χ3v) is 5.16. The average molecular weight is 367 g/mol. The van der Waals surface area contributed by atoms with Gasteiger partial charge in [-0.3, -0.25) is 9.59 Å². The normalized spacial score (nSPS) is 16.4. The molecule has 2 aromatic carbocycles. The third kappa shape index (κ3) is 4.25. The summed E-state index contributed by atoms with van der Waals surface area (Å²) in [5.74, 6) is -1.20. The topological polar surface area (TPSA) is 57.6 Å². The Balaban J connectivity index is 1.61. The van der Waals surface area contributed by atoms with E-state index in [1.165, 1.54) is 12.1 Å². The summed E-state index contributed by atoms with van der Waals surface area (Å²) in [6.45, 7) is 0.821. The first-order valence-electron chi connectivity index (χ1n) is 9.00. The van der Waals surface area contributed by atoms with Crippen molar-refractivity contribution in [2.24, 2.45) is 0 Å². The quantitative estimate of drug-likeness (QED) is 0.873. The Kier molecular flexibility index (Phi) is 5.69. The maximum atomic E-state index is 13.2. The lowest BCUT2D eigenvalue weighted by Gasteiger charge is -2.39. The fraction of sp³-hybridized carbons (Fsp3) is 0.273. The van der Waals surface area contributed by atoms with Crippen LogP contribution in [0.15, 0.2) is 60.7 Å². The monoisotopic (exact) mass is 367 g/mol. The first-order chi connectivity index (χ1) is 13.0. The van der Waals surface area contributed by atoms with E-state index in [4.69, 9.17) is 0 Å². The lowest BCUT2D eigenvalue weighted by Crippen LogP contribution is -2.49. The van der Waals surface area contributed by atoms with Crippen LogP contribution in [0.25, 0.3) is 6.08 Å². The Morgan fingerprint density at radius 3 is 2.41 bits per heavy atom. The molecule has 0 radical (unpaired) electrons. The molecule has 0 aliphatic carbocycles. The predicted octanol–water partition coefficient (Wildman–Crippen LogP) is 3.87. The van der Waals surface area contributed by atoms with Crippen molar-refractivity contribution in [2.45, 2.75) is 24.7 Å². The summed E-state index contributed by atoms with van der Waals surface area (Å²) in [5.41, 5.74) is 0.557. The molecule has 2 aromatic rings. The van der Waals surface area contributed by atoms with Crippen molar-refractivity contribution in [1.82, 2.24) is 4.90 Å². The van der Waals surface area contributed by atoms with Gasteiger partial charge in [0.2, 0.25) is 5.91 Å². The molecule has 0 spiro atoms. The highest BCUT2D eigenvalue weighted by molar-refractivity contribution is 5.83. The van der Waals surface area contributed by atoms with Gasteiger partial charge in [0.25, 0.3) is 0 Å². The van der Waals surface area contributed by atoms with E-state index >= 15 is 0 Å². The van der Waals surface area contributed by atoms with Crippen LogP contribution in [0.5, 0.6) is 0 Å². The molecule has 1 heterocycles. The molecule has 0 saturated carbocycles. The van der Waals surface area contributed by atoms with Gasteiger partial charge in [0, 0.05) is 19.5 Å². The van der Waals surface area contributed by atoms with E-state index < -0.39 is 11.4 Å². The number of piperidine rings is 1. The summed E-state index contributed by atoms with van der Waals surface area (Å²) in [5, 5.41) is 9.81. The van der Waals surface area contributed by atoms with Crippen LogP contribution in [0.2, 0.25) is 0 Å². The highest BCUT2D eigenvalue weighted by Gasteiger charge is 2.43. The number of carbonyl (C=O) groups is 2. The number of nitrogens with zero attached hydrogens (tertiary/aromatic N) is 1. The zero-order valence-electron chi connectivity index (χ0n) is 15.0. The van der Waals surface area contributed by atoms with Crippen molar-refractivity contribution >= 4 is 18.0 Å². The molecular formula is C22H22FNO3. The standard InChI is InChI=1S/C22H22FNO3/c23-19-10-4-6-17(16-19)7-5-11-20(25)24-14-12-22(13-15-24,21(26)27)18-8-2-1-3-9-18/h1-10,16H,11-15H2,(H,26,27)/b7-5+. The van der Waals surface area contributed by atoms with Gasteiger partial charge in [-0.1, -0.05) is 54.6 Å². The Morgan fingerprint density at radius 2 is 1.78 bits per heavy atom. The van der Waals surface area contributed by atoms with Crippen molar-refractivity contribution < 1.29 is 19.1 Å². The van der Waals surface area contributed by atoms with Gasteiger partial charge in [-0.25, -0.2) is 4.39 Å². The second-order valence-electron chi connectivity index (χ2n) is 6.80. The fourth-order valence-electron chi connectivity index (χ4n) is 3.56. The van der Waals surface area contributed by atoms with Crippen molar-refractivity contribution in [1.29, 1.82) is 0 Å². The fourth-order valence-corrected chi connectivity index (χ4v) is 3.56. The van der Waals surface area contributed by atoms with Gasteiger partial charge in [-0.15, -0.1) is 0 Å². The zero-order valence-corrected chi connectivity index (χ0v) is 15.0. The number of likely N-dealkylation sites (tertiary alicyclic amines) is 1. The zero-order chi connectivity index (χ0) is 19.3. The molecule has 27 heavy (non-hydrogen) atoms. The van der Waals surface area contributed by atoms with Crippen LogP contribution >= 0.6 is 0 Å². The van der Waals surface area contributed by atoms with Crippen LogP contribution in [0.3, 0.4) is 0 Å². The Hall–Kier alpha value is -2.95. The van der Waals surface area contributed by atoms with Crippen LogP contribution < -0.4 is 0 Å². The molecule has 1 fully saturated rings. The van der Waals surface area contributed by atoms with Gasteiger partial charge in [0.1, 0.15) is 5.82 Å². The SMILES string of the molecule is O=C(C/C=C/c1cccc(F)c1)N1CCC(C(=O)O)(c2ccccc2)CC1. The van der Waals surface area contributed by atoms with Gasteiger partial charge in [0.15, 0.2) is 0 Å². The van der Waals surface area contributed by atoms with E-state index in [2.05, 4.69) is 0 Å². The Morgan fingerprint density at radius 1 is 1.07 bits per heavy atom. The molecule has 1 amide bonds. The maximum Gasteiger partial charge on any atom is 0.314 e. The number of carboxylic acid groups (broad SMARTS) is 1. The number of carboxylic acids is 1. The lowest BCUT2D eigenvalue weighted by molar-refractivity contribution is -0.148. The van der Waals surface area contributed by atoms with Crippen molar-refractivity contribution in [2.75, 3.05) is 13.1 Å². The second-order valence-corrected chi connectivity index (χ2v) is 6.80. The molecule has 1 aliphatic heterocycles. The highest BCUT2D eigenvalue weighted by atomic mass is 19.1. The lowest BCUT2D eigenvalue weighted by atomic mass is 9.73. The van der Waals surface area contributed by atoms with Gasteiger partial charge in [0.05, 0.1) is 5.41 Å². The van der Waals surface area contributed by atoms with Gasteiger partial charge >= 0.3 is 5.97 Å². The van der Waals surface area contributed by atoms with E-state index in [9.17, 15) is 19.1 Å². The van der Waals surface area contributed by atoms with Crippen LogP contribution in [0.1, 0.15) is 30.4 Å². The molecule has 1 saturated heterocycles. The van der Waals surface area contributed by atoms with Gasteiger partial charge in [-0.2, -0.15) is 0 Å². The molecule has 4 nitrogen and oxygen atoms in total. The summed E-state index contributed by atoms with van der Waals surface area (Å²) in [6.07, 6.45) is 4.43. The van der Waals surface area contributed by atoms with E-state index in [1.807, 2.05) is 30.3 Å². The third-order valence-electron chi connectivity index (χ3n) is 5.16. The summed E-state index contributed by atoms with van der Waals surface area (Å²) >= 11 is 0. The molecule has 0 atom stereocenters. The second kappa shape index (κ2) is 8.16. The molecule has 0 bridgehead atoms. The molecule has 0 unspecified atom stereocenters. The van der Waals surface area contributed by atoms with Crippen LogP contribution in [0.4, 0.5) is 4.39 Å². The number of hydrogen-bond donors (Lipinski definition) is 1. The number of rotatable bonds is 5. The molecule has 1 aliphatic rings. The Bertz CT molecular complexity index is 840. The summed E-state index contributed by atoms with van der Waals surface area (Å²) in [7, 11) is 0. The highest BCUT2D eigenvalue weighted by Crippen LogP contribution is 2.36. The molecule has 5 heteroatoms. The summed E-state index contributed by atoms with van der Waals surface area (Å²) in [6, 6.07) is 15.4. The van der Waals surface area contributed by atoms with E-state index in [0.29, 0.717) is 31.5 Å². The molecule has 3 rings (SSSR count). The minimum atomic E-state index is -0.935. The van der Waals surface area contributed by atoms with E-state index in [-0.39, 0.29) is 18.1 Å². The molecule has 0 aromatic heterocycles. The van der Waals surface area contributed by atoms with Gasteiger partial charge in [-0.05, 0) is 36.1 Å². The van der Waals surface area contributed by atoms with Crippen molar-refractivity contribution in [3.8, 4) is 0 Å². The molecule has 1 N–H and O–H groups in total. The largest absolute Gasteiger partial charge is 0.481 e. The van der Waals surface area contributed by atoms with Crippen molar-refractivity contribution in [3.05, 3.63) is 77.6 Å². The van der Waals surface area contributed by atoms with Gasteiger partial charge < -0.3 is 10.0 Å². The molecule has 140 valence electrons. The predicted molar refractivity (Wildman–Crippen MR) is 102 cm³/mol. The number of amides is 1. The van der Waals surface area contributed by atoms with Crippen LogP contribution in [-0.4, -0.2) is 35.0 Å². The smallest absolute Gasteiger partial charge is 0.314 e. The Labute approximate surface area is 157 Å². The van der Waals surface area contributed by atoms with Crippen molar-refractivity contribution in [3.63, 3.8) is 0 Å². The van der Waals surface area contributed by atoms with E-state index in [0.717, 1.165) is 5.56 Å². The number of benzene rings is 2. The van der Waals surface area contributed by atoms with E-state index in [1.54, 1.807) is 29.2 Å². The minimum absolute atomic E-state index is 0.0466. The number of halogens is 1. The average Bonchev–Trinajstić information content (AvgIpc) is 2.68. The number of aliphatic carboxylic acids is 1.